The number of anilines is 1. The molecule has 0 radical (unpaired) electrons. The van der Waals surface area contributed by atoms with Crippen molar-refractivity contribution in [3.8, 4) is 0 Å². The third-order valence-corrected chi connectivity index (χ3v) is 5.40. The van der Waals surface area contributed by atoms with Gasteiger partial charge in [0.2, 0.25) is 5.91 Å². The van der Waals surface area contributed by atoms with Crippen LogP contribution in [0.15, 0.2) is 41.6 Å². The van der Waals surface area contributed by atoms with Gasteiger partial charge in [-0.05, 0) is 18.4 Å². The van der Waals surface area contributed by atoms with Crippen molar-refractivity contribution in [1.29, 1.82) is 0 Å². The van der Waals surface area contributed by atoms with Crippen LogP contribution in [0.1, 0.15) is 18.4 Å². The molecule has 28 heavy (non-hydrogen) atoms. The van der Waals surface area contributed by atoms with E-state index in [1.54, 1.807) is 6.07 Å². The number of rotatable bonds is 10. The summed E-state index contributed by atoms with van der Waals surface area (Å²) in [7, 11) is 4.26. The average molecular weight is 421 g/mol. The number of likely N-dealkylation sites (N-methyl/N-ethyl adjacent to an activating group) is 1. The standard InChI is InChI=1S/C20H26ClN5OS/c1-25(2)10-11-26(13-15-6-4-3-5-7-15)18-12-17(21)23-20(24-18)28-14-19(27)22-16-8-9-16/h3-7,12,16H,8-11,13-14H2,1-2H3,(H,22,27)/p+1. The zero-order valence-corrected chi connectivity index (χ0v) is 17.9. The van der Waals surface area contributed by atoms with Crippen molar-refractivity contribution in [1.82, 2.24) is 15.3 Å². The van der Waals surface area contributed by atoms with Crippen LogP contribution < -0.4 is 15.1 Å². The van der Waals surface area contributed by atoms with Crippen molar-refractivity contribution < 1.29 is 9.69 Å². The van der Waals surface area contributed by atoms with Crippen LogP contribution in [0.2, 0.25) is 5.15 Å². The first kappa shape index (κ1) is 20.9. The van der Waals surface area contributed by atoms with Gasteiger partial charge in [-0.25, -0.2) is 9.97 Å². The molecule has 0 saturated heterocycles. The molecule has 0 spiro atoms. The molecule has 0 atom stereocenters. The number of carbonyl (C=O) groups excluding carboxylic acids is 1. The van der Waals surface area contributed by atoms with Crippen molar-refractivity contribution in [2.45, 2.75) is 30.6 Å². The number of nitrogens with zero attached hydrogens (tertiary/aromatic N) is 3. The zero-order chi connectivity index (χ0) is 19.9. The first-order chi connectivity index (χ1) is 13.5. The van der Waals surface area contributed by atoms with E-state index in [0.29, 0.717) is 22.1 Å². The Labute approximate surface area is 175 Å². The Morgan fingerprint density at radius 1 is 1.29 bits per heavy atom. The molecule has 1 saturated carbocycles. The minimum Gasteiger partial charge on any atom is -0.353 e. The summed E-state index contributed by atoms with van der Waals surface area (Å²) < 4.78 is 0. The minimum atomic E-state index is 0.0231. The third-order valence-electron chi connectivity index (χ3n) is 4.36. The monoisotopic (exact) mass is 420 g/mol. The summed E-state index contributed by atoms with van der Waals surface area (Å²) in [6, 6.07) is 12.5. The average Bonchev–Trinajstić information content (AvgIpc) is 3.47. The van der Waals surface area contributed by atoms with Crippen molar-refractivity contribution in [2.24, 2.45) is 0 Å². The molecule has 0 bridgehead atoms. The molecule has 2 N–H and O–H groups in total. The minimum absolute atomic E-state index is 0.0231. The number of halogens is 1. The van der Waals surface area contributed by atoms with E-state index in [9.17, 15) is 4.79 Å². The number of amides is 1. The fourth-order valence-corrected chi connectivity index (χ4v) is 3.57. The molecule has 0 aliphatic heterocycles. The number of aromatic nitrogens is 2. The van der Waals surface area contributed by atoms with E-state index < -0.39 is 0 Å². The van der Waals surface area contributed by atoms with Crippen LogP contribution in [-0.4, -0.2) is 54.9 Å². The lowest BCUT2D eigenvalue weighted by atomic mass is 10.2. The summed E-state index contributed by atoms with van der Waals surface area (Å²) >= 11 is 7.60. The normalized spacial score (nSPS) is 13.6. The van der Waals surface area contributed by atoms with Crippen molar-refractivity contribution in [3.05, 3.63) is 47.1 Å². The fourth-order valence-electron chi connectivity index (χ4n) is 2.68. The second-order valence-corrected chi connectivity index (χ2v) is 8.66. The van der Waals surface area contributed by atoms with Crippen LogP contribution >= 0.6 is 23.4 Å². The first-order valence-corrected chi connectivity index (χ1v) is 10.9. The quantitative estimate of drug-likeness (QED) is 0.347. The maximum atomic E-state index is 12.0. The van der Waals surface area contributed by atoms with E-state index in [2.05, 4.69) is 46.4 Å². The number of hydrogen-bond donors (Lipinski definition) is 2. The molecule has 0 unspecified atom stereocenters. The van der Waals surface area contributed by atoms with Crippen LogP contribution in [0.4, 0.5) is 5.82 Å². The molecule has 150 valence electrons. The summed E-state index contributed by atoms with van der Waals surface area (Å²) in [6.45, 7) is 2.56. The molecule has 1 aliphatic rings. The van der Waals surface area contributed by atoms with Gasteiger partial charge in [-0.1, -0.05) is 53.7 Å². The largest absolute Gasteiger partial charge is 0.353 e. The Balaban J connectivity index is 1.71. The molecule has 1 amide bonds. The van der Waals surface area contributed by atoms with Gasteiger partial charge in [0, 0.05) is 18.7 Å². The van der Waals surface area contributed by atoms with Gasteiger partial charge < -0.3 is 15.1 Å². The highest BCUT2D eigenvalue weighted by molar-refractivity contribution is 7.99. The maximum Gasteiger partial charge on any atom is 0.230 e. The molecule has 1 aliphatic carbocycles. The predicted octanol–water partition coefficient (Wildman–Crippen LogP) is 1.65. The van der Waals surface area contributed by atoms with Crippen molar-refractivity contribution in [2.75, 3.05) is 37.8 Å². The topological polar surface area (TPSA) is 62.6 Å². The SMILES string of the molecule is C[NH+](C)CCN(Cc1ccccc1)c1cc(Cl)nc(SCC(=O)NC2CC2)n1. The van der Waals surface area contributed by atoms with Crippen molar-refractivity contribution >= 4 is 35.1 Å². The van der Waals surface area contributed by atoms with Crippen LogP contribution in [0, 0.1) is 0 Å². The number of hydrogen-bond acceptors (Lipinski definition) is 5. The summed E-state index contributed by atoms with van der Waals surface area (Å²) in [6.07, 6.45) is 2.16. The van der Waals surface area contributed by atoms with Gasteiger partial charge >= 0.3 is 0 Å². The van der Waals surface area contributed by atoms with Gasteiger partial charge in [0.05, 0.1) is 32.9 Å². The van der Waals surface area contributed by atoms with E-state index in [1.807, 2.05) is 18.2 Å². The molecule has 1 aromatic heterocycles. The van der Waals surface area contributed by atoms with E-state index in [0.717, 1.165) is 38.3 Å². The lowest BCUT2D eigenvalue weighted by molar-refractivity contribution is -0.856. The molecule has 2 aromatic rings. The Hall–Kier alpha value is -1.83. The summed E-state index contributed by atoms with van der Waals surface area (Å²) in [5.41, 5.74) is 1.21. The Morgan fingerprint density at radius 3 is 2.71 bits per heavy atom. The highest BCUT2D eigenvalue weighted by atomic mass is 35.5. The van der Waals surface area contributed by atoms with Crippen LogP contribution in [0.5, 0.6) is 0 Å². The number of benzene rings is 1. The molecule has 8 heteroatoms. The Morgan fingerprint density at radius 2 is 2.04 bits per heavy atom. The summed E-state index contributed by atoms with van der Waals surface area (Å²) in [5.74, 6) is 1.11. The number of thioether (sulfide) groups is 1. The second kappa shape index (κ2) is 10.1. The lowest BCUT2D eigenvalue weighted by Crippen LogP contribution is -3.06. The highest BCUT2D eigenvalue weighted by Gasteiger charge is 2.23. The molecule has 1 aromatic carbocycles. The van der Waals surface area contributed by atoms with Gasteiger partial charge in [-0.15, -0.1) is 0 Å². The predicted molar refractivity (Wildman–Crippen MR) is 114 cm³/mol. The lowest BCUT2D eigenvalue weighted by Gasteiger charge is -2.24. The van der Waals surface area contributed by atoms with Gasteiger partial charge in [0.1, 0.15) is 11.0 Å². The molecular formula is C20H27ClN5OS+. The molecule has 3 rings (SSSR count). The van der Waals surface area contributed by atoms with Crippen LogP contribution in [-0.2, 0) is 11.3 Å². The number of carbonyl (C=O) groups is 1. The van der Waals surface area contributed by atoms with Gasteiger partial charge in [-0.2, -0.15) is 0 Å². The third kappa shape index (κ3) is 6.96. The Bertz CT molecular complexity index is 785. The van der Waals surface area contributed by atoms with Crippen LogP contribution in [0.3, 0.4) is 0 Å². The van der Waals surface area contributed by atoms with Crippen LogP contribution in [0.25, 0.3) is 0 Å². The summed E-state index contributed by atoms with van der Waals surface area (Å²) in [4.78, 5) is 24.5. The second-order valence-electron chi connectivity index (χ2n) is 7.33. The van der Waals surface area contributed by atoms with E-state index in [4.69, 9.17) is 11.6 Å². The van der Waals surface area contributed by atoms with Gasteiger partial charge in [0.25, 0.3) is 0 Å². The van der Waals surface area contributed by atoms with E-state index >= 15 is 0 Å². The number of nitrogens with one attached hydrogen (secondary N) is 2. The zero-order valence-electron chi connectivity index (χ0n) is 16.3. The number of quaternary nitrogens is 1. The summed E-state index contributed by atoms with van der Waals surface area (Å²) in [5, 5.41) is 3.91. The van der Waals surface area contributed by atoms with Gasteiger partial charge in [0.15, 0.2) is 5.16 Å². The first-order valence-electron chi connectivity index (χ1n) is 9.54. The maximum absolute atomic E-state index is 12.0. The smallest absolute Gasteiger partial charge is 0.230 e. The van der Waals surface area contributed by atoms with E-state index in [1.165, 1.54) is 22.2 Å². The van der Waals surface area contributed by atoms with Gasteiger partial charge in [-0.3, -0.25) is 4.79 Å². The van der Waals surface area contributed by atoms with E-state index in [-0.39, 0.29) is 5.91 Å². The highest BCUT2D eigenvalue weighted by Crippen LogP contribution is 2.24. The molecule has 6 nitrogen and oxygen atoms in total. The Kier molecular flexibility index (Phi) is 7.53. The molecule has 1 fully saturated rings. The fraction of sp³-hybridized carbons (Fsp3) is 0.450. The van der Waals surface area contributed by atoms with Crippen molar-refractivity contribution in [3.63, 3.8) is 0 Å². The molecular weight excluding hydrogens is 394 g/mol. The molecule has 1 heterocycles.